The Bertz CT molecular complexity index is 308. The van der Waals surface area contributed by atoms with E-state index in [4.69, 9.17) is 4.74 Å². The lowest BCUT2D eigenvalue weighted by molar-refractivity contribution is 0.303. The average Bonchev–Trinajstić information content (AvgIpc) is 2.87. The smallest absolute Gasteiger partial charge is 0.129 e. The molecule has 0 amide bonds. The minimum Gasteiger partial charge on any atom is -0.490 e. The van der Waals surface area contributed by atoms with Gasteiger partial charge in [-0.3, -0.25) is 0 Å². The van der Waals surface area contributed by atoms with Crippen LogP contribution in [0.2, 0.25) is 0 Å². The van der Waals surface area contributed by atoms with Crippen molar-refractivity contribution >= 4 is 5.82 Å². The van der Waals surface area contributed by atoms with Crippen LogP contribution in [-0.2, 0) is 0 Å². The zero-order chi connectivity index (χ0) is 9.26. The molecule has 0 atom stereocenters. The maximum atomic E-state index is 5.67. The van der Waals surface area contributed by atoms with E-state index in [2.05, 4.69) is 10.3 Å². The first-order chi connectivity index (χ1) is 6.28. The van der Waals surface area contributed by atoms with Crippen LogP contribution in [0.25, 0.3) is 0 Å². The molecule has 1 fully saturated rings. The highest BCUT2D eigenvalue weighted by Crippen LogP contribution is 2.27. The molecule has 0 bridgehead atoms. The number of hydrogen-bond acceptors (Lipinski definition) is 3. The Morgan fingerprint density at radius 1 is 1.46 bits per heavy atom. The van der Waals surface area contributed by atoms with E-state index < -0.39 is 0 Å². The van der Waals surface area contributed by atoms with E-state index in [9.17, 15) is 0 Å². The average molecular weight is 178 g/mol. The molecule has 0 unspecified atom stereocenters. The molecule has 13 heavy (non-hydrogen) atoms. The molecule has 3 heteroatoms. The molecule has 1 aromatic heterocycles. The van der Waals surface area contributed by atoms with Gasteiger partial charge in [-0.2, -0.15) is 0 Å². The van der Waals surface area contributed by atoms with Crippen LogP contribution in [-0.4, -0.2) is 18.1 Å². The lowest BCUT2D eigenvalue weighted by Gasteiger charge is -2.07. The maximum Gasteiger partial charge on any atom is 0.129 e. The topological polar surface area (TPSA) is 34.1 Å². The van der Waals surface area contributed by atoms with Crippen molar-refractivity contribution in [2.75, 3.05) is 12.4 Å². The number of rotatable bonds is 3. The van der Waals surface area contributed by atoms with Crippen LogP contribution in [0.4, 0.5) is 5.82 Å². The molecule has 1 aromatic rings. The van der Waals surface area contributed by atoms with E-state index in [0.29, 0.717) is 6.10 Å². The van der Waals surface area contributed by atoms with E-state index in [1.165, 1.54) is 12.8 Å². The normalized spacial score (nSPS) is 15.5. The highest BCUT2D eigenvalue weighted by Gasteiger charge is 2.23. The highest BCUT2D eigenvalue weighted by molar-refractivity contribution is 5.42. The molecule has 1 aliphatic carbocycles. The molecule has 70 valence electrons. The summed E-state index contributed by atoms with van der Waals surface area (Å²) in [5, 5.41) is 3.01. The second kappa shape index (κ2) is 3.24. The zero-order valence-electron chi connectivity index (χ0n) is 8.00. The number of anilines is 1. The summed E-state index contributed by atoms with van der Waals surface area (Å²) in [6.07, 6.45) is 2.83. The van der Waals surface area contributed by atoms with Gasteiger partial charge >= 0.3 is 0 Å². The van der Waals surface area contributed by atoms with Gasteiger partial charge in [0.2, 0.25) is 0 Å². The van der Waals surface area contributed by atoms with Crippen molar-refractivity contribution in [2.24, 2.45) is 0 Å². The summed E-state index contributed by atoms with van der Waals surface area (Å²) < 4.78 is 5.67. The third-order valence-corrected chi connectivity index (χ3v) is 2.01. The van der Waals surface area contributed by atoms with Crippen LogP contribution in [0.5, 0.6) is 5.75 Å². The minimum atomic E-state index is 0.450. The van der Waals surface area contributed by atoms with Gasteiger partial charge in [0.15, 0.2) is 0 Å². The van der Waals surface area contributed by atoms with E-state index in [1.807, 2.05) is 26.1 Å². The van der Waals surface area contributed by atoms with Crippen molar-refractivity contribution in [3.63, 3.8) is 0 Å². The molecule has 1 aliphatic rings. The van der Waals surface area contributed by atoms with Crippen molar-refractivity contribution < 1.29 is 4.74 Å². The Kier molecular flexibility index (Phi) is 2.08. The molecular weight excluding hydrogens is 164 g/mol. The number of nitrogens with one attached hydrogen (secondary N) is 1. The van der Waals surface area contributed by atoms with Crippen molar-refractivity contribution in [1.82, 2.24) is 4.98 Å². The molecule has 1 heterocycles. The fourth-order valence-electron chi connectivity index (χ4n) is 1.21. The van der Waals surface area contributed by atoms with Gasteiger partial charge in [-0.25, -0.2) is 4.98 Å². The summed E-state index contributed by atoms with van der Waals surface area (Å²) in [7, 11) is 1.86. The number of hydrogen-bond donors (Lipinski definition) is 1. The fourth-order valence-corrected chi connectivity index (χ4v) is 1.21. The second-order valence-electron chi connectivity index (χ2n) is 3.40. The number of nitrogens with zero attached hydrogens (tertiary/aromatic N) is 1. The summed E-state index contributed by atoms with van der Waals surface area (Å²) in [5.41, 5.74) is 0.988. The van der Waals surface area contributed by atoms with Crippen molar-refractivity contribution in [1.29, 1.82) is 0 Å². The summed E-state index contributed by atoms with van der Waals surface area (Å²) in [6, 6.07) is 3.91. The Morgan fingerprint density at radius 3 is 2.85 bits per heavy atom. The molecule has 0 aliphatic heterocycles. The Morgan fingerprint density at radius 2 is 2.23 bits per heavy atom. The summed E-state index contributed by atoms with van der Waals surface area (Å²) in [4.78, 5) is 4.29. The van der Waals surface area contributed by atoms with Crippen LogP contribution in [0.1, 0.15) is 18.5 Å². The van der Waals surface area contributed by atoms with E-state index >= 15 is 0 Å². The van der Waals surface area contributed by atoms with Gasteiger partial charge in [0.1, 0.15) is 11.6 Å². The highest BCUT2D eigenvalue weighted by atomic mass is 16.5. The van der Waals surface area contributed by atoms with E-state index in [1.54, 1.807) is 0 Å². The Hall–Kier alpha value is -1.25. The minimum absolute atomic E-state index is 0.450. The first kappa shape index (κ1) is 8.35. The largest absolute Gasteiger partial charge is 0.490 e. The van der Waals surface area contributed by atoms with Crippen LogP contribution in [0.15, 0.2) is 12.1 Å². The third kappa shape index (κ3) is 2.11. The summed E-state index contributed by atoms with van der Waals surface area (Å²) >= 11 is 0. The van der Waals surface area contributed by atoms with Crippen molar-refractivity contribution in [3.8, 4) is 5.75 Å². The van der Waals surface area contributed by atoms with Crippen LogP contribution < -0.4 is 10.1 Å². The molecule has 0 radical (unpaired) electrons. The van der Waals surface area contributed by atoms with Gasteiger partial charge in [-0.05, 0) is 19.8 Å². The lowest BCUT2D eigenvalue weighted by atomic mass is 10.3. The van der Waals surface area contributed by atoms with E-state index in [-0.39, 0.29) is 0 Å². The fraction of sp³-hybridized carbons (Fsp3) is 0.500. The molecule has 2 rings (SSSR count). The van der Waals surface area contributed by atoms with Crippen LogP contribution in [0.3, 0.4) is 0 Å². The van der Waals surface area contributed by atoms with Crippen LogP contribution >= 0.6 is 0 Å². The molecule has 0 spiro atoms. The Balaban J connectivity index is 2.17. The number of aryl methyl sites for hydroxylation is 1. The molecular formula is C10H14N2O. The molecule has 0 aromatic carbocycles. The van der Waals surface area contributed by atoms with E-state index in [0.717, 1.165) is 17.3 Å². The predicted octanol–water partition coefficient (Wildman–Crippen LogP) is 1.97. The zero-order valence-corrected chi connectivity index (χ0v) is 8.00. The number of ether oxygens (including phenoxy) is 1. The van der Waals surface area contributed by atoms with Gasteiger partial charge in [0.05, 0.1) is 6.10 Å². The SMILES string of the molecule is CNc1cc(OC2CC2)cc(C)n1. The molecule has 1 saturated carbocycles. The predicted molar refractivity (Wildman–Crippen MR) is 52.2 cm³/mol. The summed E-state index contributed by atoms with van der Waals surface area (Å²) in [6.45, 7) is 1.97. The first-order valence-electron chi connectivity index (χ1n) is 4.61. The molecule has 0 saturated heterocycles. The van der Waals surface area contributed by atoms with Crippen molar-refractivity contribution in [3.05, 3.63) is 17.8 Å². The van der Waals surface area contributed by atoms with Gasteiger partial charge in [-0.1, -0.05) is 0 Å². The van der Waals surface area contributed by atoms with Gasteiger partial charge in [0.25, 0.3) is 0 Å². The number of pyridine rings is 1. The van der Waals surface area contributed by atoms with Crippen molar-refractivity contribution in [2.45, 2.75) is 25.9 Å². The molecule has 1 N–H and O–H groups in total. The maximum absolute atomic E-state index is 5.67. The Labute approximate surface area is 78.1 Å². The lowest BCUT2D eigenvalue weighted by Crippen LogP contribution is -1.99. The quantitative estimate of drug-likeness (QED) is 0.768. The molecule has 3 nitrogen and oxygen atoms in total. The number of aromatic nitrogens is 1. The monoisotopic (exact) mass is 178 g/mol. The third-order valence-electron chi connectivity index (χ3n) is 2.01. The summed E-state index contributed by atoms with van der Waals surface area (Å²) in [5.74, 6) is 1.80. The van der Waals surface area contributed by atoms with Crippen LogP contribution in [0, 0.1) is 6.92 Å². The van der Waals surface area contributed by atoms with Gasteiger partial charge < -0.3 is 10.1 Å². The standard InChI is InChI=1S/C10H14N2O/c1-7-5-9(13-8-3-4-8)6-10(11-2)12-7/h5-6,8H,3-4H2,1-2H3,(H,11,12). The second-order valence-corrected chi connectivity index (χ2v) is 3.40. The first-order valence-corrected chi connectivity index (χ1v) is 4.61. The van der Waals surface area contributed by atoms with Gasteiger partial charge in [0, 0.05) is 24.9 Å². The van der Waals surface area contributed by atoms with Gasteiger partial charge in [-0.15, -0.1) is 0 Å².